The number of nitrogens with zero attached hydrogens (tertiary/aromatic N) is 2. The van der Waals surface area contributed by atoms with E-state index in [2.05, 4.69) is 15.6 Å². The summed E-state index contributed by atoms with van der Waals surface area (Å²) in [7, 11) is 0. The van der Waals surface area contributed by atoms with Crippen molar-refractivity contribution in [2.75, 3.05) is 6.54 Å². The number of carbonyl (C=O) groups excluding carboxylic acids is 2. The highest BCUT2D eigenvalue weighted by Gasteiger charge is 2.32. The number of rotatable bonds is 13. The summed E-state index contributed by atoms with van der Waals surface area (Å²) in [5, 5.41) is 15.8. The molecule has 1 aliphatic heterocycles. The molecule has 11 heteroatoms. The molecule has 1 saturated heterocycles. The van der Waals surface area contributed by atoms with Crippen LogP contribution in [0.2, 0.25) is 10.3 Å². The van der Waals surface area contributed by atoms with Gasteiger partial charge in [0.25, 0.3) is 0 Å². The summed E-state index contributed by atoms with van der Waals surface area (Å²) in [4.78, 5) is 27.2. The fraction of sp³-hybridized carbons (Fsp3) is 0.433. The molecule has 3 N–H and O–H groups in total. The minimum absolute atomic E-state index is 0.00344. The molecule has 4 rings (SSSR count). The standard InChI is InChI=1S/C30H36Cl2N4O5/c1-20(38)33-14-4-2-3-5-27(39)34-16-21-6-12-24(13-7-21)30-40-25(17-36-19-35-28(31)29(36)32)15-26(41-30)23-10-8-22(18-37)9-11-23/h6-13,19,25-26,30,37H,2-5,14-18H2,1H3,(H,33,38)(H,34,39). The summed E-state index contributed by atoms with van der Waals surface area (Å²) in [6.45, 7) is 3.01. The van der Waals surface area contributed by atoms with Gasteiger partial charge in [-0.3, -0.25) is 9.59 Å². The molecule has 1 aliphatic rings. The zero-order valence-electron chi connectivity index (χ0n) is 23.0. The predicted molar refractivity (Wildman–Crippen MR) is 156 cm³/mol. The number of amides is 2. The number of aliphatic hydroxyl groups excluding tert-OH is 1. The molecule has 0 aliphatic carbocycles. The molecule has 3 atom stereocenters. The first-order valence-electron chi connectivity index (χ1n) is 13.8. The van der Waals surface area contributed by atoms with Crippen molar-refractivity contribution >= 4 is 35.0 Å². The number of aliphatic hydroxyl groups is 1. The van der Waals surface area contributed by atoms with Crippen molar-refractivity contribution in [1.29, 1.82) is 0 Å². The van der Waals surface area contributed by atoms with Gasteiger partial charge in [-0.2, -0.15) is 0 Å². The molecule has 1 fully saturated rings. The molecule has 2 aromatic carbocycles. The van der Waals surface area contributed by atoms with Crippen molar-refractivity contribution in [3.8, 4) is 0 Å². The number of benzene rings is 2. The predicted octanol–water partition coefficient (Wildman–Crippen LogP) is 5.24. The van der Waals surface area contributed by atoms with Crippen LogP contribution >= 0.6 is 23.2 Å². The van der Waals surface area contributed by atoms with E-state index in [1.54, 1.807) is 10.9 Å². The summed E-state index contributed by atoms with van der Waals surface area (Å²) in [5.41, 5.74) is 3.65. The third-order valence-corrected chi connectivity index (χ3v) is 7.71. The van der Waals surface area contributed by atoms with Crippen molar-refractivity contribution in [2.45, 2.75) is 77.2 Å². The van der Waals surface area contributed by atoms with Crippen LogP contribution in [0.4, 0.5) is 0 Å². The van der Waals surface area contributed by atoms with Gasteiger partial charge in [0.1, 0.15) is 5.15 Å². The van der Waals surface area contributed by atoms with Gasteiger partial charge in [0.15, 0.2) is 11.4 Å². The van der Waals surface area contributed by atoms with Crippen LogP contribution in [0.25, 0.3) is 0 Å². The number of carbonyl (C=O) groups is 2. The Kier molecular flexibility index (Phi) is 11.6. The van der Waals surface area contributed by atoms with Crippen LogP contribution in [0.3, 0.4) is 0 Å². The monoisotopic (exact) mass is 602 g/mol. The summed E-state index contributed by atoms with van der Waals surface area (Å²) in [5.74, 6) is -0.0305. The molecule has 3 unspecified atom stereocenters. The Morgan fingerprint density at radius 3 is 2.34 bits per heavy atom. The van der Waals surface area contributed by atoms with Crippen molar-refractivity contribution in [3.05, 3.63) is 87.4 Å². The number of imidazole rings is 1. The fourth-order valence-corrected chi connectivity index (χ4v) is 4.97. The van der Waals surface area contributed by atoms with E-state index >= 15 is 0 Å². The number of ether oxygens (including phenoxy) is 2. The molecular weight excluding hydrogens is 567 g/mol. The zero-order chi connectivity index (χ0) is 29.2. The van der Waals surface area contributed by atoms with Crippen LogP contribution in [0, 0.1) is 0 Å². The SMILES string of the molecule is CC(=O)NCCCCCC(=O)NCc1ccc(C2OC(Cn3cnc(Cl)c3Cl)CC(c3ccc(CO)cc3)O2)cc1. The lowest BCUT2D eigenvalue weighted by Crippen LogP contribution is -2.32. The van der Waals surface area contributed by atoms with E-state index in [0.717, 1.165) is 41.5 Å². The van der Waals surface area contributed by atoms with Gasteiger partial charge in [-0.1, -0.05) is 78.2 Å². The van der Waals surface area contributed by atoms with Crippen molar-refractivity contribution in [3.63, 3.8) is 0 Å². The second kappa shape index (κ2) is 15.3. The first kappa shape index (κ1) is 31.0. The first-order valence-corrected chi connectivity index (χ1v) is 14.5. The number of hydrogen-bond acceptors (Lipinski definition) is 6. The molecule has 0 spiro atoms. The smallest absolute Gasteiger partial charge is 0.220 e. The Hall–Kier alpha value is -2.95. The van der Waals surface area contributed by atoms with Crippen LogP contribution in [0.1, 0.15) is 73.7 Å². The first-order chi connectivity index (χ1) is 19.8. The average Bonchev–Trinajstić information content (AvgIpc) is 3.30. The molecule has 0 radical (unpaired) electrons. The highest BCUT2D eigenvalue weighted by molar-refractivity contribution is 6.40. The second-order valence-electron chi connectivity index (χ2n) is 10.1. The maximum Gasteiger partial charge on any atom is 0.220 e. The Labute approximate surface area is 250 Å². The van der Waals surface area contributed by atoms with Crippen LogP contribution in [0.15, 0.2) is 54.9 Å². The summed E-state index contributed by atoms with van der Waals surface area (Å²) in [6.07, 6.45) is 4.10. The summed E-state index contributed by atoms with van der Waals surface area (Å²) in [6, 6.07) is 15.5. The van der Waals surface area contributed by atoms with E-state index in [-0.39, 0.29) is 35.8 Å². The Morgan fingerprint density at radius 1 is 0.976 bits per heavy atom. The molecular formula is C30H36Cl2N4O5. The van der Waals surface area contributed by atoms with Crippen LogP contribution in [-0.2, 0) is 38.8 Å². The number of hydrogen-bond donors (Lipinski definition) is 3. The van der Waals surface area contributed by atoms with E-state index < -0.39 is 6.29 Å². The van der Waals surface area contributed by atoms with Crippen molar-refractivity contribution in [1.82, 2.24) is 20.2 Å². The number of halogens is 2. The molecule has 2 amide bonds. The third kappa shape index (κ3) is 9.28. The van der Waals surface area contributed by atoms with Crippen molar-refractivity contribution in [2.24, 2.45) is 0 Å². The molecule has 0 bridgehead atoms. The maximum absolute atomic E-state index is 12.2. The van der Waals surface area contributed by atoms with E-state index in [9.17, 15) is 14.7 Å². The Bertz CT molecular complexity index is 1280. The maximum atomic E-state index is 12.2. The topological polar surface area (TPSA) is 115 Å². The van der Waals surface area contributed by atoms with Crippen LogP contribution < -0.4 is 10.6 Å². The molecule has 1 aromatic heterocycles. The Morgan fingerprint density at radius 2 is 1.68 bits per heavy atom. The minimum Gasteiger partial charge on any atom is -0.392 e. The lowest BCUT2D eigenvalue weighted by molar-refractivity contribution is -0.252. The molecule has 41 heavy (non-hydrogen) atoms. The molecule has 3 aromatic rings. The summed E-state index contributed by atoms with van der Waals surface area (Å²) >= 11 is 12.4. The molecule has 9 nitrogen and oxygen atoms in total. The zero-order valence-corrected chi connectivity index (χ0v) is 24.5. The van der Waals surface area contributed by atoms with Crippen LogP contribution in [0.5, 0.6) is 0 Å². The van der Waals surface area contributed by atoms with Gasteiger partial charge < -0.3 is 29.8 Å². The average molecular weight is 604 g/mol. The van der Waals surface area contributed by atoms with E-state index in [1.807, 2.05) is 48.5 Å². The van der Waals surface area contributed by atoms with E-state index in [1.165, 1.54) is 6.92 Å². The summed E-state index contributed by atoms with van der Waals surface area (Å²) < 4.78 is 14.5. The molecule has 220 valence electrons. The number of unbranched alkanes of at least 4 members (excludes halogenated alkanes) is 2. The third-order valence-electron chi connectivity index (χ3n) is 6.94. The quantitative estimate of drug-likeness (QED) is 0.230. The van der Waals surface area contributed by atoms with Gasteiger partial charge >= 0.3 is 0 Å². The second-order valence-corrected chi connectivity index (χ2v) is 10.9. The molecule has 0 saturated carbocycles. The largest absolute Gasteiger partial charge is 0.392 e. The van der Waals surface area contributed by atoms with Gasteiger partial charge in [-0.15, -0.1) is 0 Å². The lowest BCUT2D eigenvalue weighted by atomic mass is 10.00. The fourth-order valence-electron chi connectivity index (χ4n) is 4.66. The Balaban J connectivity index is 1.35. The van der Waals surface area contributed by atoms with Gasteiger partial charge in [0.2, 0.25) is 11.8 Å². The van der Waals surface area contributed by atoms with Gasteiger partial charge in [-0.05, 0) is 29.5 Å². The van der Waals surface area contributed by atoms with Crippen LogP contribution in [-0.4, -0.2) is 39.1 Å². The molecule has 2 heterocycles. The van der Waals surface area contributed by atoms with Crippen molar-refractivity contribution < 1.29 is 24.2 Å². The highest BCUT2D eigenvalue weighted by Crippen LogP contribution is 2.39. The van der Waals surface area contributed by atoms with E-state index in [4.69, 9.17) is 32.7 Å². The van der Waals surface area contributed by atoms with Gasteiger partial charge in [0, 0.05) is 38.4 Å². The van der Waals surface area contributed by atoms with Gasteiger partial charge in [-0.25, -0.2) is 4.98 Å². The minimum atomic E-state index is -0.616. The lowest BCUT2D eigenvalue weighted by Gasteiger charge is -2.36. The highest BCUT2D eigenvalue weighted by atomic mass is 35.5. The normalized spacial score (nSPS) is 18.7. The number of nitrogens with one attached hydrogen (secondary N) is 2. The van der Waals surface area contributed by atoms with Gasteiger partial charge in [0.05, 0.1) is 31.7 Å². The van der Waals surface area contributed by atoms with E-state index in [0.29, 0.717) is 37.6 Å². The number of aromatic nitrogens is 2.